The van der Waals surface area contributed by atoms with Crippen LogP contribution in [0.3, 0.4) is 0 Å². The van der Waals surface area contributed by atoms with Gasteiger partial charge in [-0.2, -0.15) is 0 Å². The molecule has 124 valence electrons. The summed E-state index contributed by atoms with van der Waals surface area (Å²) >= 11 is 0. The van der Waals surface area contributed by atoms with Crippen molar-refractivity contribution in [1.82, 2.24) is 0 Å². The van der Waals surface area contributed by atoms with Gasteiger partial charge in [0.1, 0.15) is 0 Å². The van der Waals surface area contributed by atoms with Crippen molar-refractivity contribution in [1.29, 1.82) is 0 Å². The average molecular weight is 308 g/mol. The molecular formula is C18H28O4. The molecule has 0 aliphatic rings. The molecule has 22 heavy (non-hydrogen) atoms. The molecule has 0 aromatic carbocycles. The van der Waals surface area contributed by atoms with E-state index in [1.807, 2.05) is 12.2 Å². The smallest absolute Gasteiger partial charge is 0.307 e. The van der Waals surface area contributed by atoms with Crippen LogP contribution < -0.4 is 0 Å². The van der Waals surface area contributed by atoms with Crippen LogP contribution >= 0.6 is 0 Å². The summed E-state index contributed by atoms with van der Waals surface area (Å²) in [6, 6.07) is 0. The Kier molecular flexibility index (Phi) is 14.2. The molecule has 4 nitrogen and oxygen atoms in total. The zero-order valence-corrected chi connectivity index (χ0v) is 13.2. The fraction of sp³-hybridized carbons (Fsp3) is 0.556. The Bertz CT molecular complexity index is 381. The van der Waals surface area contributed by atoms with E-state index in [9.17, 15) is 9.59 Å². The number of carboxylic acids is 2. The van der Waals surface area contributed by atoms with Crippen LogP contribution in [-0.2, 0) is 9.59 Å². The van der Waals surface area contributed by atoms with Crippen LogP contribution in [0.2, 0.25) is 0 Å². The van der Waals surface area contributed by atoms with E-state index in [1.54, 1.807) is 6.08 Å². The molecule has 0 saturated heterocycles. The van der Waals surface area contributed by atoms with Crippen LogP contribution in [0.25, 0.3) is 0 Å². The quantitative estimate of drug-likeness (QED) is 0.359. The lowest BCUT2D eigenvalue weighted by molar-refractivity contribution is -0.137. The summed E-state index contributed by atoms with van der Waals surface area (Å²) in [5.41, 5.74) is 0. The summed E-state index contributed by atoms with van der Waals surface area (Å²) in [7, 11) is 0. The van der Waals surface area contributed by atoms with E-state index in [2.05, 4.69) is 18.2 Å². The monoisotopic (exact) mass is 308 g/mol. The molecule has 0 amide bonds. The average Bonchev–Trinajstić information content (AvgIpc) is 2.46. The lowest BCUT2D eigenvalue weighted by atomic mass is 10.1. The molecule has 2 N–H and O–H groups in total. The van der Waals surface area contributed by atoms with Crippen molar-refractivity contribution < 1.29 is 19.8 Å². The second kappa shape index (κ2) is 15.5. The largest absolute Gasteiger partial charge is 0.481 e. The van der Waals surface area contributed by atoms with Gasteiger partial charge in [0.25, 0.3) is 0 Å². The Hall–Kier alpha value is -1.84. The fourth-order valence-corrected chi connectivity index (χ4v) is 1.91. The molecule has 0 rings (SSSR count). The Morgan fingerprint density at radius 1 is 0.636 bits per heavy atom. The van der Waals surface area contributed by atoms with E-state index in [0.29, 0.717) is 0 Å². The number of allylic oxidation sites excluding steroid dienone is 5. The molecule has 0 radical (unpaired) electrons. The predicted octanol–water partition coefficient (Wildman–Crippen LogP) is 4.73. The number of carbonyl (C=O) groups is 2. The Labute approximate surface area is 133 Å². The molecule has 0 unspecified atom stereocenters. The van der Waals surface area contributed by atoms with E-state index in [-0.39, 0.29) is 12.8 Å². The van der Waals surface area contributed by atoms with Crippen molar-refractivity contribution in [3.05, 3.63) is 36.5 Å². The van der Waals surface area contributed by atoms with E-state index in [4.69, 9.17) is 10.2 Å². The predicted molar refractivity (Wildman–Crippen MR) is 88.9 cm³/mol. The van der Waals surface area contributed by atoms with Gasteiger partial charge in [0.15, 0.2) is 0 Å². The summed E-state index contributed by atoms with van der Waals surface area (Å²) in [4.78, 5) is 20.6. The van der Waals surface area contributed by atoms with Gasteiger partial charge in [0.05, 0.1) is 6.42 Å². The maximum Gasteiger partial charge on any atom is 0.307 e. The van der Waals surface area contributed by atoms with Crippen LogP contribution in [0.1, 0.15) is 64.2 Å². The molecule has 0 aliphatic heterocycles. The van der Waals surface area contributed by atoms with Gasteiger partial charge in [-0.05, 0) is 32.1 Å². The minimum atomic E-state index is -0.801. The highest BCUT2D eigenvalue weighted by Crippen LogP contribution is 2.07. The molecule has 0 spiro atoms. The molecule has 0 aromatic rings. The molecule has 0 aromatic heterocycles. The topological polar surface area (TPSA) is 74.6 Å². The van der Waals surface area contributed by atoms with Gasteiger partial charge >= 0.3 is 11.9 Å². The zero-order valence-electron chi connectivity index (χ0n) is 13.2. The van der Waals surface area contributed by atoms with E-state index < -0.39 is 11.9 Å². The number of carboxylic acid groups (broad SMARTS) is 2. The molecule has 0 bridgehead atoms. The molecular weight excluding hydrogens is 280 g/mol. The Morgan fingerprint density at radius 2 is 1.18 bits per heavy atom. The number of unbranched alkanes of at least 4 members (excludes halogenated alkanes) is 5. The van der Waals surface area contributed by atoms with Crippen LogP contribution in [0, 0.1) is 0 Å². The van der Waals surface area contributed by atoms with Gasteiger partial charge in [-0.1, -0.05) is 55.7 Å². The van der Waals surface area contributed by atoms with Crippen molar-refractivity contribution in [3.8, 4) is 0 Å². The third-order valence-corrected chi connectivity index (χ3v) is 3.10. The van der Waals surface area contributed by atoms with E-state index in [1.165, 1.54) is 0 Å². The maximum atomic E-state index is 10.3. The summed E-state index contributed by atoms with van der Waals surface area (Å²) in [5.74, 6) is -1.50. The lowest BCUT2D eigenvalue weighted by Crippen LogP contribution is -1.93. The summed E-state index contributed by atoms with van der Waals surface area (Å²) in [6.07, 6.45) is 20.3. The van der Waals surface area contributed by atoms with Gasteiger partial charge in [-0.15, -0.1) is 0 Å². The molecule has 0 aliphatic carbocycles. The first-order valence-electron chi connectivity index (χ1n) is 8.01. The first-order valence-corrected chi connectivity index (χ1v) is 8.01. The van der Waals surface area contributed by atoms with Crippen molar-refractivity contribution in [2.45, 2.75) is 64.2 Å². The molecule has 0 fully saturated rings. The molecule has 4 heteroatoms. The standard InChI is InChI=1S/C18H28O4/c19-17(20)15-13-11-9-7-5-3-1-2-4-6-8-10-12-14-16-18(21)22/h1-2,5,7,11,13H,3-4,6,8-10,12,14-16H2,(H,19,20)(H,21,22)/b2-1+,7-5+,13-11+. The summed E-state index contributed by atoms with van der Waals surface area (Å²) in [5, 5.41) is 16.9. The highest BCUT2D eigenvalue weighted by molar-refractivity contribution is 5.68. The lowest BCUT2D eigenvalue weighted by Gasteiger charge is -1.98. The number of rotatable bonds is 14. The summed E-state index contributed by atoms with van der Waals surface area (Å²) < 4.78 is 0. The first-order chi connectivity index (χ1) is 10.6. The van der Waals surface area contributed by atoms with E-state index >= 15 is 0 Å². The first kappa shape index (κ1) is 20.2. The van der Waals surface area contributed by atoms with Crippen molar-refractivity contribution in [2.75, 3.05) is 0 Å². The normalized spacial score (nSPS) is 11.8. The SMILES string of the molecule is O=C(O)C/C=C/C/C=C/C/C=C/CCCCCCCC(=O)O. The molecule has 0 saturated carbocycles. The third-order valence-electron chi connectivity index (χ3n) is 3.10. The third kappa shape index (κ3) is 18.2. The second-order valence-electron chi connectivity index (χ2n) is 5.18. The second-order valence-corrected chi connectivity index (χ2v) is 5.18. The highest BCUT2D eigenvalue weighted by atomic mass is 16.4. The number of hydrogen-bond acceptors (Lipinski definition) is 2. The van der Waals surface area contributed by atoms with Gasteiger partial charge in [-0.25, -0.2) is 0 Å². The van der Waals surface area contributed by atoms with Crippen molar-refractivity contribution in [3.63, 3.8) is 0 Å². The zero-order chi connectivity index (χ0) is 16.5. The number of aliphatic carboxylic acids is 2. The van der Waals surface area contributed by atoms with Crippen LogP contribution in [0.15, 0.2) is 36.5 Å². The summed E-state index contributed by atoms with van der Waals surface area (Å²) in [6.45, 7) is 0. The van der Waals surface area contributed by atoms with Gasteiger partial charge in [-0.3, -0.25) is 9.59 Å². The van der Waals surface area contributed by atoms with Crippen LogP contribution in [0.5, 0.6) is 0 Å². The van der Waals surface area contributed by atoms with Gasteiger partial charge in [0.2, 0.25) is 0 Å². The van der Waals surface area contributed by atoms with Crippen molar-refractivity contribution in [2.24, 2.45) is 0 Å². The van der Waals surface area contributed by atoms with Gasteiger partial charge in [0, 0.05) is 6.42 Å². The Balaban J connectivity index is 3.31. The van der Waals surface area contributed by atoms with Crippen LogP contribution in [0.4, 0.5) is 0 Å². The minimum Gasteiger partial charge on any atom is -0.481 e. The van der Waals surface area contributed by atoms with E-state index in [0.717, 1.165) is 51.4 Å². The number of hydrogen-bond donors (Lipinski definition) is 2. The van der Waals surface area contributed by atoms with Gasteiger partial charge < -0.3 is 10.2 Å². The highest BCUT2D eigenvalue weighted by Gasteiger charge is 1.95. The van der Waals surface area contributed by atoms with Crippen LogP contribution in [-0.4, -0.2) is 22.2 Å². The Morgan fingerprint density at radius 3 is 1.82 bits per heavy atom. The fourth-order valence-electron chi connectivity index (χ4n) is 1.91. The molecule has 0 atom stereocenters. The maximum absolute atomic E-state index is 10.3. The minimum absolute atomic E-state index is 0.0874. The van der Waals surface area contributed by atoms with Crippen molar-refractivity contribution >= 4 is 11.9 Å². The molecule has 0 heterocycles.